The predicted octanol–water partition coefficient (Wildman–Crippen LogP) is 2.03. The number of anilines is 1. The highest BCUT2D eigenvalue weighted by molar-refractivity contribution is 8.02. The van der Waals surface area contributed by atoms with Crippen LogP contribution in [-0.2, 0) is 24.0 Å². The third-order valence-corrected chi connectivity index (χ3v) is 10.9. The number of hydrogen-bond acceptors (Lipinski definition) is 15. The first-order valence-electron chi connectivity index (χ1n) is 14.8. The van der Waals surface area contributed by atoms with E-state index in [1.54, 1.807) is 0 Å². The average molecular weight is 752 g/mol. The van der Waals surface area contributed by atoms with Gasteiger partial charge in [-0.2, -0.15) is 5.10 Å². The lowest BCUT2D eigenvalue weighted by Crippen LogP contribution is -2.59. The van der Waals surface area contributed by atoms with Crippen LogP contribution in [0, 0.1) is 5.92 Å². The van der Waals surface area contributed by atoms with E-state index < -0.39 is 75.1 Å². The van der Waals surface area contributed by atoms with Crippen molar-refractivity contribution in [3.8, 4) is 11.5 Å². The minimum absolute atomic E-state index is 0.00793. The van der Waals surface area contributed by atoms with Gasteiger partial charge >= 0.3 is 18.0 Å². The summed E-state index contributed by atoms with van der Waals surface area (Å²) in [5.41, 5.74) is 3.55. The summed E-state index contributed by atoms with van der Waals surface area (Å²) in [5.74, 6) is -6.51. The summed E-state index contributed by atoms with van der Waals surface area (Å²) in [6.07, 6.45) is 0.834. The first kappa shape index (κ1) is 36.3. The highest BCUT2D eigenvalue weighted by atomic mass is 35.5. The van der Waals surface area contributed by atoms with Gasteiger partial charge in [0.25, 0.3) is 0 Å². The molecule has 1 aromatic heterocycles. The monoisotopic (exact) mass is 751 g/mol. The lowest BCUT2D eigenvalue weighted by atomic mass is 9.90. The standard InChI is InChI=1S/C29H30ClN7O11S2/c1-28(2,24(43)44)48-34-20(15-11-49-26(31)33-15)18(40)10-14-22(42)35-12-29(25(45)46,50-23(14)35)36-8-9-37(27(36)47)32-7-3-4-16(38)13-5-6-17(39)21(41)19(13)30/h5-7,11,14,23,39,41H,3-4,8-10,12H2,1-2H3,(H2,31,33)(H,43,44)(H,45,46)/b32-7+,34-20-/t14-,23-,29-/m1/s1. The zero-order chi connectivity index (χ0) is 36.7. The molecule has 21 heteroatoms. The number of aliphatic carboxylic acids is 2. The van der Waals surface area contributed by atoms with E-state index in [-0.39, 0.29) is 59.6 Å². The first-order chi connectivity index (χ1) is 23.5. The number of fused-ring (bicyclic) bond motifs is 1. The maximum atomic E-state index is 13.4. The molecule has 50 heavy (non-hydrogen) atoms. The molecule has 3 aliphatic rings. The number of carboxylic acid groups (broad SMARTS) is 2. The Labute approximate surface area is 296 Å². The molecule has 1 aromatic carbocycles. The molecule has 0 spiro atoms. The van der Waals surface area contributed by atoms with Crippen LogP contribution in [0.5, 0.6) is 11.5 Å². The van der Waals surface area contributed by atoms with Gasteiger partial charge in [-0.1, -0.05) is 28.5 Å². The molecule has 4 heterocycles. The van der Waals surface area contributed by atoms with Gasteiger partial charge < -0.3 is 35.9 Å². The van der Waals surface area contributed by atoms with Crippen LogP contribution in [0.15, 0.2) is 27.8 Å². The number of thioether (sulfide) groups is 1. The van der Waals surface area contributed by atoms with Crippen molar-refractivity contribution in [2.45, 2.75) is 49.0 Å². The molecule has 3 atom stereocenters. The molecule has 0 aliphatic carbocycles. The second kappa shape index (κ2) is 13.8. The largest absolute Gasteiger partial charge is 0.504 e. The number of carbonyl (C=O) groups is 6. The van der Waals surface area contributed by atoms with Gasteiger partial charge in [0.05, 0.1) is 29.4 Å². The Morgan fingerprint density at radius 3 is 2.56 bits per heavy atom. The Kier molecular flexibility index (Phi) is 9.99. The fourth-order valence-electron chi connectivity index (χ4n) is 5.30. The second-order valence-electron chi connectivity index (χ2n) is 11.8. The number of aromatic hydroxyl groups is 2. The van der Waals surface area contributed by atoms with Crippen molar-refractivity contribution in [3.63, 3.8) is 0 Å². The van der Waals surface area contributed by atoms with Crippen molar-refractivity contribution < 1.29 is 54.0 Å². The van der Waals surface area contributed by atoms with Crippen LogP contribution in [0.25, 0.3) is 0 Å². The molecule has 0 unspecified atom stereocenters. The van der Waals surface area contributed by atoms with E-state index in [0.717, 1.165) is 39.1 Å². The molecule has 18 nitrogen and oxygen atoms in total. The molecular formula is C29H30ClN7O11S2. The Morgan fingerprint density at radius 2 is 1.92 bits per heavy atom. The number of rotatable bonds is 14. The minimum Gasteiger partial charge on any atom is -0.504 e. The maximum absolute atomic E-state index is 13.4. The number of benzene rings is 1. The number of nitrogens with zero attached hydrogens (tertiary/aromatic N) is 6. The normalized spacial score (nSPS) is 22.2. The van der Waals surface area contributed by atoms with Crippen molar-refractivity contribution in [2.24, 2.45) is 16.2 Å². The van der Waals surface area contributed by atoms with Crippen molar-refractivity contribution in [3.05, 3.63) is 33.8 Å². The van der Waals surface area contributed by atoms with E-state index in [4.69, 9.17) is 22.2 Å². The third kappa shape index (κ3) is 6.64. The van der Waals surface area contributed by atoms with E-state index in [1.807, 2.05) is 0 Å². The minimum atomic E-state index is -1.89. The highest BCUT2D eigenvalue weighted by Crippen LogP contribution is 2.53. The maximum Gasteiger partial charge on any atom is 0.350 e. The molecule has 0 radical (unpaired) electrons. The summed E-state index contributed by atoms with van der Waals surface area (Å²) in [5, 5.41) is 48.3. The van der Waals surface area contributed by atoms with Crippen molar-refractivity contribution in [1.82, 2.24) is 19.8 Å². The van der Waals surface area contributed by atoms with Gasteiger partial charge in [-0.25, -0.2) is 24.4 Å². The number of urea groups is 1. The average Bonchev–Trinajstić information content (AvgIpc) is 3.76. The lowest BCUT2D eigenvalue weighted by Gasteiger charge is -2.40. The molecule has 3 fully saturated rings. The van der Waals surface area contributed by atoms with E-state index in [2.05, 4.69) is 15.2 Å². The molecule has 0 saturated carbocycles. The molecule has 266 valence electrons. The fourth-order valence-corrected chi connectivity index (χ4v) is 7.81. The van der Waals surface area contributed by atoms with Crippen molar-refractivity contribution >= 4 is 87.2 Å². The van der Waals surface area contributed by atoms with Crippen LogP contribution in [0.3, 0.4) is 0 Å². The number of ketones is 2. The number of β-lactam (4-membered cyclic amide) rings is 1. The number of thiazole rings is 1. The van der Waals surface area contributed by atoms with Gasteiger partial charge in [0.1, 0.15) is 5.69 Å². The van der Waals surface area contributed by atoms with Gasteiger partial charge in [0.15, 0.2) is 33.9 Å². The Hall–Kier alpha value is -4.95. The van der Waals surface area contributed by atoms with Gasteiger partial charge in [0, 0.05) is 36.5 Å². The molecule has 6 N–H and O–H groups in total. The third-order valence-electron chi connectivity index (χ3n) is 8.14. The molecule has 3 aliphatic heterocycles. The fraction of sp³-hybridized carbons (Fsp3) is 0.414. The number of amides is 3. The van der Waals surface area contributed by atoms with Crippen molar-refractivity contribution in [1.29, 1.82) is 0 Å². The lowest BCUT2D eigenvalue weighted by molar-refractivity contribution is -0.161. The quantitative estimate of drug-likeness (QED) is 0.0608. The van der Waals surface area contributed by atoms with Crippen LogP contribution in [0.2, 0.25) is 5.02 Å². The van der Waals surface area contributed by atoms with Crippen LogP contribution in [0.4, 0.5) is 9.93 Å². The number of oxime groups is 1. The number of phenols is 2. The number of carbonyl (C=O) groups excluding carboxylic acids is 4. The zero-order valence-electron chi connectivity index (χ0n) is 26.3. The van der Waals surface area contributed by atoms with E-state index in [1.165, 1.54) is 36.4 Å². The summed E-state index contributed by atoms with van der Waals surface area (Å²) < 4.78 is 0. The predicted molar refractivity (Wildman–Crippen MR) is 178 cm³/mol. The summed E-state index contributed by atoms with van der Waals surface area (Å²) in [4.78, 5) is 86.4. The highest BCUT2D eigenvalue weighted by Gasteiger charge is 2.66. The van der Waals surface area contributed by atoms with Crippen LogP contribution < -0.4 is 5.73 Å². The zero-order valence-corrected chi connectivity index (χ0v) is 28.7. The molecule has 3 amide bonds. The Balaban J connectivity index is 1.25. The number of hydrazone groups is 1. The smallest absolute Gasteiger partial charge is 0.350 e. The first-order valence-corrected chi connectivity index (χ1v) is 16.9. The number of nitrogen functional groups attached to an aromatic ring is 1. The second-order valence-corrected chi connectivity index (χ2v) is 14.5. The van der Waals surface area contributed by atoms with Gasteiger partial charge in [0.2, 0.25) is 16.4 Å². The number of Topliss-reactive ketones (excluding diaryl/α,β-unsaturated/α-hetero) is 2. The number of halogens is 1. The van der Waals surface area contributed by atoms with E-state index >= 15 is 0 Å². The van der Waals surface area contributed by atoms with Crippen LogP contribution in [-0.4, -0.2) is 123 Å². The summed E-state index contributed by atoms with van der Waals surface area (Å²) in [6.45, 7) is 2.06. The van der Waals surface area contributed by atoms with Crippen LogP contribution >= 0.6 is 34.7 Å². The molecule has 0 bridgehead atoms. The Bertz CT molecular complexity index is 1850. The number of phenolic OH excluding ortho intramolecular Hbond substituents is 2. The topological polar surface area (TPSA) is 266 Å². The number of nitrogens with two attached hydrogens (primary N) is 1. The molecule has 5 rings (SSSR count). The summed E-state index contributed by atoms with van der Waals surface area (Å²) in [6, 6.07) is 1.64. The van der Waals surface area contributed by atoms with E-state index in [0.29, 0.717) is 0 Å². The number of aromatic nitrogens is 1. The van der Waals surface area contributed by atoms with Gasteiger partial charge in [-0.15, -0.1) is 11.3 Å². The van der Waals surface area contributed by atoms with Crippen LogP contribution in [0.1, 0.15) is 49.2 Å². The summed E-state index contributed by atoms with van der Waals surface area (Å²) in [7, 11) is 0. The number of hydrogen-bond donors (Lipinski definition) is 5. The van der Waals surface area contributed by atoms with Gasteiger partial charge in [-0.05, 0) is 32.4 Å². The van der Waals surface area contributed by atoms with Crippen molar-refractivity contribution in [2.75, 3.05) is 25.4 Å². The molecule has 3 saturated heterocycles. The van der Waals surface area contributed by atoms with E-state index in [9.17, 15) is 49.2 Å². The molecule has 2 aromatic rings. The Morgan fingerprint density at radius 1 is 1.20 bits per heavy atom. The van der Waals surface area contributed by atoms with Gasteiger partial charge in [-0.3, -0.25) is 19.3 Å². The molecular weight excluding hydrogens is 722 g/mol. The number of carboxylic acids is 2. The summed E-state index contributed by atoms with van der Waals surface area (Å²) >= 11 is 7.78. The SMILES string of the molecule is CC(C)(O/N=C(\C(=O)C[C@@H]1C(=O)N2C[C@@](C(=O)O)(N3CCN(/N=C/CCC(=O)c4ccc(O)c(O)c4Cl)C3=O)S[C@H]12)c1csc(N)n1)C(=O)O.